The number of rotatable bonds is 6. The summed E-state index contributed by atoms with van der Waals surface area (Å²) < 4.78 is 0. The van der Waals surface area contributed by atoms with Crippen LogP contribution in [0.3, 0.4) is 0 Å². The Hall–Kier alpha value is -2.01. The summed E-state index contributed by atoms with van der Waals surface area (Å²) >= 11 is 6.68. The number of aryl methyl sites for hydroxylation is 1. The molecule has 1 aliphatic carbocycles. The molecular weight excluding hydrogens is 400 g/mol. The van der Waals surface area contributed by atoms with Crippen LogP contribution in [0.4, 0.5) is 4.79 Å². The van der Waals surface area contributed by atoms with E-state index in [1.165, 1.54) is 4.90 Å². The first-order chi connectivity index (χ1) is 14.0. The average Bonchev–Trinajstić information content (AvgIpc) is 2.65. The summed E-state index contributed by atoms with van der Waals surface area (Å²) in [6.45, 7) is 9.06. The third kappa shape index (κ3) is 5.00. The summed E-state index contributed by atoms with van der Waals surface area (Å²) in [6.07, 6.45) is 6.46. The Bertz CT molecular complexity index is 858. The molecule has 164 valence electrons. The minimum Gasteiger partial charge on any atom is -0.481 e. The van der Waals surface area contributed by atoms with Crippen molar-refractivity contribution in [2.45, 2.75) is 71.8 Å². The molecule has 1 fully saturated rings. The summed E-state index contributed by atoms with van der Waals surface area (Å²) in [5, 5.41) is 12.9. The first-order valence-electron chi connectivity index (χ1n) is 10.8. The normalized spacial score (nSPS) is 24.2. The van der Waals surface area contributed by atoms with Crippen molar-refractivity contribution in [3.05, 3.63) is 46.1 Å². The third-order valence-corrected chi connectivity index (χ3v) is 6.63. The van der Waals surface area contributed by atoms with E-state index in [1.54, 1.807) is 0 Å². The number of nitrogens with zero attached hydrogens (tertiary/aromatic N) is 1. The quantitative estimate of drug-likeness (QED) is 0.604. The van der Waals surface area contributed by atoms with E-state index < -0.39 is 11.5 Å². The lowest BCUT2D eigenvalue weighted by Gasteiger charge is -2.47. The van der Waals surface area contributed by atoms with Crippen LogP contribution in [0.15, 0.2) is 30.0 Å². The van der Waals surface area contributed by atoms with Crippen molar-refractivity contribution in [2.75, 3.05) is 6.54 Å². The molecule has 2 amide bonds. The van der Waals surface area contributed by atoms with Gasteiger partial charge in [0.2, 0.25) is 0 Å². The van der Waals surface area contributed by atoms with Crippen LogP contribution in [0.25, 0.3) is 0 Å². The lowest BCUT2D eigenvalue weighted by Crippen LogP contribution is -2.57. The number of halogens is 1. The van der Waals surface area contributed by atoms with Crippen LogP contribution in [0.1, 0.15) is 70.9 Å². The Labute approximate surface area is 184 Å². The molecule has 1 heterocycles. The molecule has 1 unspecified atom stereocenters. The number of fused-ring (bicyclic) bond motifs is 1. The fourth-order valence-electron chi connectivity index (χ4n) is 4.39. The summed E-state index contributed by atoms with van der Waals surface area (Å²) in [7, 11) is 0. The smallest absolute Gasteiger partial charge is 0.322 e. The second-order valence-electron chi connectivity index (χ2n) is 10.0. The van der Waals surface area contributed by atoms with Crippen LogP contribution >= 0.6 is 11.6 Å². The molecule has 1 saturated carbocycles. The molecule has 1 aromatic carbocycles. The van der Waals surface area contributed by atoms with Crippen molar-refractivity contribution in [1.82, 2.24) is 10.2 Å². The first-order valence-corrected chi connectivity index (χ1v) is 11.2. The number of urea groups is 1. The standard InChI is InChI=1S/C24H33ClN2O3/c1-16-7-11-24(18-6-5-17(20(25)14-18)8-10-23(2,3)4)19(13-16)15-27(22(30)26-24)12-9-21(28)29/h5-6,14-16H,7-13H2,1-4H3,(H,26,30)(H,28,29)/t16?,24-/m1/s1. The molecule has 3 rings (SSSR count). The van der Waals surface area contributed by atoms with Gasteiger partial charge in [0.05, 0.1) is 12.0 Å². The number of carbonyl (C=O) groups is 2. The monoisotopic (exact) mass is 432 g/mol. The Morgan fingerprint density at radius 1 is 1.37 bits per heavy atom. The molecule has 2 aliphatic rings. The maximum Gasteiger partial charge on any atom is 0.322 e. The second-order valence-corrected chi connectivity index (χ2v) is 10.4. The number of carboxylic acid groups (broad SMARTS) is 1. The largest absolute Gasteiger partial charge is 0.481 e. The maximum absolute atomic E-state index is 12.8. The van der Waals surface area contributed by atoms with Crippen LogP contribution in [0, 0.1) is 11.3 Å². The molecule has 0 aromatic heterocycles. The Morgan fingerprint density at radius 2 is 2.10 bits per heavy atom. The minimum absolute atomic E-state index is 0.0753. The minimum atomic E-state index is -0.910. The van der Waals surface area contributed by atoms with Crippen molar-refractivity contribution >= 4 is 23.6 Å². The predicted octanol–water partition coefficient (Wildman–Crippen LogP) is 5.72. The van der Waals surface area contributed by atoms with Gasteiger partial charge in [-0.05, 0) is 66.2 Å². The number of carbonyl (C=O) groups excluding carboxylic acids is 1. The van der Waals surface area contributed by atoms with E-state index in [-0.39, 0.29) is 24.4 Å². The van der Waals surface area contributed by atoms with Crippen LogP contribution in [-0.2, 0) is 16.8 Å². The molecule has 1 aliphatic heterocycles. The number of amides is 2. The van der Waals surface area contributed by atoms with Crippen LogP contribution in [-0.4, -0.2) is 28.6 Å². The first kappa shape index (κ1) is 22.7. The van der Waals surface area contributed by atoms with E-state index in [0.29, 0.717) is 5.92 Å². The van der Waals surface area contributed by atoms with Gasteiger partial charge in [-0.2, -0.15) is 0 Å². The lowest BCUT2D eigenvalue weighted by molar-refractivity contribution is -0.137. The molecule has 2 N–H and O–H groups in total. The summed E-state index contributed by atoms with van der Waals surface area (Å²) in [4.78, 5) is 25.3. The van der Waals surface area contributed by atoms with Crippen molar-refractivity contribution < 1.29 is 14.7 Å². The molecule has 0 bridgehead atoms. The number of hydrogen-bond acceptors (Lipinski definition) is 2. The second kappa shape index (κ2) is 8.62. The Balaban J connectivity index is 1.92. The van der Waals surface area contributed by atoms with E-state index in [4.69, 9.17) is 16.7 Å². The molecule has 0 spiro atoms. The van der Waals surface area contributed by atoms with Gasteiger partial charge in [0.25, 0.3) is 0 Å². The molecule has 2 atom stereocenters. The molecule has 1 aromatic rings. The Kier molecular flexibility index (Phi) is 6.51. The zero-order valence-electron chi connectivity index (χ0n) is 18.4. The van der Waals surface area contributed by atoms with Gasteiger partial charge in [-0.3, -0.25) is 4.79 Å². The molecule has 6 heteroatoms. The lowest BCUT2D eigenvalue weighted by atomic mass is 9.69. The van der Waals surface area contributed by atoms with E-state index >= 15 is 0 Å². The highest BCUT2D eigenvalue weighted by Gasteiger charge is 2.45. The molecule has 0 saturated heterocycles. The predicted molar refractivity (Wildman–Crippen MR) is 119 cm³/mol. The van der Waals surface area contributed by atoms with Crippen molar-refractivity contribution in [3.63, 3.8) is 0 Å². The van der Waals surface area contributed by atoms with E-state index in [0.717, 1.165) is 53.8 Å². The van der Waals surface area contributed by atoms with Gasteiger partial charge in [0, 0.05) is 17.8 Å². The fourth-order valence-corrected chi connectivity index (χ4v) is 4.67. The third-order valence-electron chi connectivity index (χ3n) is 6.28. The zero-order chi connectivity index (χ0) is 22.1. The van der Waals surface area contributed by atoms with Crippen molar-refractivity contribution in [3.8, 4) is 0 Å². The number of benzene rings is 1. The van der Waals surface area contributed by atoms with Gasteiger partial charge < -0.3 is 15.3 Å². The van der Waals surface area contributed by atoms with E-state index in [1.807, 2.05) is 12.3 Å². The average molecular weight is 433 g/mol. The number of hydrogen-bond donors (Lipinski definition) is 2. The molecule has 0 radical (unpaired) electrons. The Morgan fingerprint density at radius 3 is 2.73 bits per heavy atom. The number of carboxylic acids is 1. The van der Waals surface area contributed by atoms with Crippen LogP contribution in [0.2, 0.25) is 5.02 Å². The highest BCUT2D eigenvalue weighted by atomic mass is 35.5. The van der Waals surface area contributed by atoms with Gasteiger partial charge in [0.1, 0.15) is 0 Å². The van der Waals surface area contributed by atoms with E-state index in [9.17, 15) is 9.59 Å². The molecule has 5 nitrogen and oxygen atoms in total. The molecule has 30 heavy (non-hydrogen) atoms. The summed E-state index contributed by atoms with van der Waals surface area (Å²) in [5.41, 5.74) is 2.95. The summed E-state index contributed by atoms with van der Waals surface area (Å²) in [5.74, 6) is -0.394. The van der Waals surface area contributed by atoms with Gasteiger partial charge >= 0.3 is 12.0 Å². The highest BCUT2D eigenvalue weighted by molar-refractivity contribution is 6.31. The van der Waals surface area contributed by atoms with Gasteiger partial charge in [0.15, 0.2) is 0 Å². The van der Waals surface area contributed by atoms with Crippen molar-refractivity contribution in [2.24, 2.45) is 11.3 Å². The van der Waals surface area contributed by atoms with E-state index in [2.05, 4.69) is 45.1 Å². The number of aliphatic carboxylic acids is 1. The van der Waals surface area contributed by atoms with Gasteiger partial charge in [-0.25, -0.2) is 4.79 Å². The summed E-state index contributed by atoms with van der Waals surface area (Å²) in [6, 6.07) is 5.95. The van der Waals surface area contributed by atoms with Crippen LogP contribution < -0.4 is 5.32 Å². The zero-order valence-corrected chi connectivity index (χ0v) is 19.2. The van der Waals surface area contributed by atoms with Gasteiger partial charge in [-0.1, -0.05) is 51.4 Å². The van der Waals surface area contributed by atoms with Crippen LogP contribution in [0.5, 0.6) is 0 Å². The number of nitrogens with one attached hydrogen (secondary N) is 1. The van der Waals surface area contributed by atoms with Gasteiger partial charge in [-0.15, -0.1) is 0 Å². The topological polar surface area (TPSA) is 69.6 Å². The highest BCUT2D eigenvalue weighted by Crippen LogP contribution is 2.46. The van der Waals surface area contributed by atoms with Crippen molar-refractivity contribution in [1.29, 1.82) is 0 Å². The maximum atomic E-state index is 12.8. The molecular formula is C24H33ClN2O3. The fraction of sp³-hybridized carbons (Fsp3) is 0.583. The SMILES string of the molecule is CC1CC[C@]2(c3ccc(CCC(C)(C)C)c(Cl)c3)NC(=O)N(CCC(=O)O)C=C2C1.